The van der Waals surface area contributed by atoms with Gasteiger partial charge in [0.2, 0.25) is 0 Å². The van der Waals surface area contributed by atoms with Crippen molar-refractivity contribution in [2.45, 2.75) is 9.79 Å². The maximum absolute atomic E-state index is 12.2. The lowest BCUT2D eigenvalue weighted by Crippen LogP contribution is -2.31. The highest BCUT2D eigenvalue weighted by atomic mass is 32.2. The van der Waals surface area contributed by atoms with Crippen LogP contribution < -0.4 is 16.0 Å². The first kappa shape index (κ1) is 33.5. The Balaban J connectivity index is 1.19. The summed E-state index contributed by atoms with van der Waals surface area (Å²) in [4.78, 5) is 26.3. The molecule has 0 saturated heterocycles. The molecule has 0 aliphatic heterocycles. The number of anilines is 1. The molecule has 45 heavy (non-hydrogen) atoms. The molecule has 0 aliphatic carbocycles. The number of methoxy groups -OCH3 is 1. The molecule has 11 nitrogen and oxygen atoms in total. The predicted molar refractivity (Wildman–Crippen MR) is 174 cm³/mol. The minimum Gasteiger partial charge on any atom is -0.382 e. The van der Waals surface area contributed by atoms with Crippen molar-refractivity contribution in [2.24, 2.45) is 0 Å². The number of rotatable bonds is 16. The molecule has 3 amide bonds. The number of nitrogens with zero attached hydrogens (tertiary/aromatic N) is 1. The molecule has 0 saturated carbocycles. The Labute approximate surface area is 266 Å². The maximum Gasteiger partial charge on any atom is 0.319 e. The number of amides is 3. The first-order valence-electron chi connectivity index (χ1n) is 14.4. The second kappa shape index (κ2) is 18.4. The van der Waals surface area contributed by atoms with Gasteiger partial charge in [-0.1, -0.05) is 29.8 Å². The molecule has 236 valence electrons. The highest BCUT2D eigenvalue weighted by Gasteiger charge is 2.12. The highest BCUT2D eigenvalue weighted by molar-refractivity contribution is 7.99. The van der Waals surface area contributed by atoms with Gasteiger partial charge in [-0.2, -0.15) is 5.10 Å². The van der Waals surface area contributed by atoms with E-state index in [0.29, 0.717) is 69.7 Å². The van der Waals surface area contributed by atoms with Crippen LogP contribution in [0.2, 0.25) is 0 Å². The van der Waals surface area contributed by atoms with Crippen molar-refractivity contribution in [1.29, 1.82) is 0 Å². The van der Waals surface area contributed by atoms with E-state index in [4.69, 9.17) is 18.9 Å². The van der Waals surface area contributed by atoms with Gasteiger partial charge in [-0.25, -0.2) is 4.79 Å². The smallest absolute Gasteiger partial charge is 0.319 e. The number of ether oxygens (including phenoxy) is 4. The quantitative estimate of drug-likeness (QED) is 0.106. The Morgan fingerprint density at radius 1 is 0.867 bits per heavy atom. The fraction of sp³-hybridized carbons (Fsp3) is 0.303. The van der Waals surface area contributed by atoms with Crippen LogP contribution in [0.4, 0.5) is 10.5 Å². The Bertz CT molecular complexity index is 1600. The van der Waals surface area contributed by atoms with Gasteiger partial charge in [0.05, 0.1) is 57.3 Å². The van der Waals surface area contributed by atoms with Crippen molar-refractivity contribution in [3.63, 3.8) is 0 Å². The number of aromatic amines is 1. The van der Waals surface area contributed by atoms with Crippen molar-refractivity contribution in [1.82, 2.24) is 20.8 Å². The zero-order valence-electron chi connectivity index (χ0n) is 25.3. The number of carbonyl (C=O) groups is 2. The molecule has 1 aromatic heterocycles. The van der Waals surface area contributed by atoms with E-state index in [9.17, 15) is 9.59 Å². The van der Waals surface area contributed by atoms with E-state index in [2.05, 4.69) is 38.0 Å². The van der Waals surface area contributed by atoms with E-state index < -0.39 is 0 Å². The van der Waals surface area contributed by atoms with Gasteiger partial charge in [-0.3, -0.25) is 9.89 Å². The van der Waals surface area contributed by atoms with Gasteiger partial charge in [-0.15, -0.1) is 0 Å². The molecule has 1 heterocycles. The van der Waals surface area contributed by atoms with Crippen molar-refractivity contribution >= 4 is 40.3 Å². The third kappa shape index (κ3) is 10.9. The summed E-state index contributed by atoms with van der Waals surface area (Å²) in [6.45, 7) is 3.78. The van der Waals surface area contributed by atoms with Crippen molar-refractivity contribution in [3.8, 4) is 11.8 Å². The number of nitrogens with one attached hydrogen (secondary N) is 4. The summed E-state index contributed by atoms with van der Waals surface area (Å²) in [6, 6.07) is 20.4. The largest absolute Gasteiger partial charge is 0.382 e. The molecule has 0 unspecified atom stereocenters. The van der Waals surface area contributed by atoms with Gasteiger partial charge in [0, 0.05) is 47.1 Å². The van der Waals surface area contributed by atoms with Gasteiger partial charge in [0.15, 0.2) is 0 Å². The summed E-state index contributed by atoms with van der Waals surface area (Å²) in [7, 11) is 3.25. The zero-order chi connectivity index (χ0) is 31.7. The Morgan fingerprint density at radius 3 is 2.31 bits per heavy atom. The molecule has 0 radical (unpaired) electrons. The van der Waals surface area contributed by atoms with E-state index >= 15 is 0 Å². The van der Waals surface area contributed by atoms with Crippen LogP contribution >= 0.6 is 11.8 Å². The molecule has 4 aromatic rings. The van der Waals surface area contributed by atoms with Gasteiger partial charge >= 0.3 is 6.03 Å². The van der Waals surface area contributed by atoms with Crippen molar-refractivity contribution < 1.29 is 28.5 Å². The number of urea groups is 1. The fourth-order valence-corrected chi connectivity index (χ4v) is 5.01. The van der Waals surface area contributed by atoms with Gasteiger partial charge < -0.3 is 34.9 Å². The summed E-state index contributed by atoms with van der Waals surface area (Å²) in [6.07, 6.45) is 0. The van der Waals surface area contributed by atoms with Crippen LogP contribution in [0.1, 0.15) is 21.6 Å². The Kier molecular flexibility index (Phi) is 13.7. The van der Waals surface area contributed by atoms with Crippen LogP contribution in [0.5, 0.6) is 0 Å². The van der Waals surface area contributed by atoms with Crippen LogP contribution in [-0.2, 0) is 18.9 Å². The van der Waals surface area contributed by atoms with E-state index in [1.807, 2.05) is 54.6 Å². The standard InChI is InChI=1S/C33H37N5O6S/c1-34-32(39)28-5-3-4-6-31(28)45-26-12-13-27-29(37-38-30(27)23-26)14-9-24-7-10-25(11-8-24)36-33(40)35-15-16-42-19-20-44-22-21-43-18-17-41-2/h3-8,10-13,23H,15-22H2,1-2H3,(H,34,39)(H,37,38)(H2,35,36,40). The molecule has 0 fully saturated rings. The average Bonchev–Trinajstić information content (AvgIpc) is 3.47. The Morgan fingerprint density at radius 2 is 1.58 bits per heavy atom. The number of hydrogen-bond donors (Lipinski definition) is 4. The zero-order valence-corrected chi connectivity index (χ0v) is 26.1. The third-order valence-electron chi connectivity index (χ3n) is 6.30. The SMILES string of the molecule is CNC(=O)c1ccccc1Sc1ccc2c(C#Cc3ccc(NC(=O)NCCOCCOCCOCCOC)cc3)n[nH]c2c1. The lowest BCUT2D eigenvalue weighted by molar-refractivity contribution is 0.00431. The first-order valence-corrected chi connectivity index (χ1v) is 15.2. The van der Waals surface area contributed by atoms with Crippen molar-refractivity contribution in [2.75, 3.05) is 72.3 Å². The van der Waals surface area contributed by atoms with Gasteiger partial charge in [0.1, 0.15) is 5.69 Å². The molecule has 0 aliphatic rings. The van der Waals surface area contributed by atoms with Crippen LogP contribution in [0, 0.1) is 11.8 Å². The molecule has 4 N–H and O–H groups in total. The number of carbonyl (C=O) groups excluding carboxylic acids is 2. The predicted octanol–water partition coefficient (Wildman–Crippen LogP) is 4.29. The molecular formula is C33H37N5O6S. The molecule has 0 atom stereocenters. The molecule has 0 spiro atoms. The first-order chi connectivity index (χ1) is 22.1. The van der Waals surface area contributed by atoms with Crippen LogP contribution in [0.3, 0.4) is 0 Å². The lowest BCUT2D eigenvalue weighted by Gasteiger charge is -2.09. The van der Waals surface area contributed by atoms with E-state index in [0.717, 1.165) is 26.3 Å². The number of aromatic nitrogens is 2. The second-order valence-corrected chi connectivity index (χ2v) is 10.6. The van der Waals surface area contributed by atoms with Crippen LogP contribution in [-0.4, -0.2) is 89.1 Å². The number of fused-ring (bicyclic) bond motifs is 1. The maximum atomic E-state index is 12.2. The topological polar surface area (TPSA) is 136 Å². The second-order valence-electron chi connectivity index (χ2n) is 9.50. The number of H-pyrrole nitrogens is 1. The molecule has 4 rings (SSSR count). The van der Waals surface area contributed by atoms with E-state index in [1.165, 1.54) is 11.8 Å². The minimum absolute atomic E-state index is 0.124. The molecular weight excluding hydrogens is 594 g/mol. The summed E-state index contributed by atoms with van der Waals surface area (Å²) in [5.74, 6) is 6.13. The van der Waals surface area contributed by atoms with Crippen LogP contribution in [0.15, 0.2) is 76.5 Å². The van der Waals surface area contributed by atoms with Gasteiger partial charge in [0.25, 0.3) is 5.91 Å². The number of benzene rings is 3. The summed E-state index contributed by atoms with van der Waals surface area (Å²) in [5, 5.41) is 16.6. The summed E-state index contributed by atoms with van der Waals surface area (Å²) >= 11 is 1.51. The summed E-state index contributed by atoms with van der Waals surface area (Å²) in [5.41, 5.74) is 3.54. The minimum atomic E-state index is -0.320. The third-order valence-corrected chi connectivity index (χ3v) is 7.36. The van der Waals surface area contributed by atoms with E-state index in [-0.39, 0.29) is 11.9 Å². The highest BCUT2D eigenvalue weighted by Crippen LogP contribution is 2.32. The van der Waals surface area contributed by atoms with Gasteiger partial charge in [-0.05, 0) is 60.5 Å². The molecule has 3 aromatic carbocycles. The molecule has 12 heteroatoms. The monoisotopic (exact) mass is 631 g/mol. The molecule has 0 bridgehead atoms. The van der Waals surface area contributed by atoms with Crippen molar-refractivity contribution in [3.05, 3.63) is 83.6 Å². The van der Waals surface area contributed by atoms with E-state index in [1.54, 1.807) is 26.3 Å². The fourth-order valence-electron chi connectivity index (χ4n) is 4.03. The lowest BCUT2D eigenvalue weighted by atomic mass is 10.2. The summed E-state index contributed by atoms with van der Waals surface area (Å²) < 4.78 is 21.1. The normalized spacial score (nSPS) is 10.7. The average molecular weight is 632 g/mol. The number of hydrogen-bond acceptors (Lipinski definition) is 8. The van der Waals surface area contributed by atoms with Crippen LogP contribution in [0.25, 0.3) is 10.9 Å². The Hall–Kier alpha value is -4.38.